The van der Waals surface area contributed by atoms with Crippen LogP contribution in [0.15, 0.2) is 47.6 Å². The van der Waals surface area contributed by atoms with Gasteiger partial charge in [-0.25, -0.2) is 0 Å². The van der Waals surface area contributed by atoms with Crippen molar-refractivity contribution in [3.05, 3.63) is 53.1 Å². The van der Waals surface area contributed by atoms with E-state index in [1.54, 1.807) is 30.4 Å². The van der Waals surface area contributed by atoms with Crippen molar-refractivity contribution in [2.45, 2.75) is 40.0 Å². The van der Waals surface area contributed by atoms with Gasteiger partial charge in [-0.2, -0.15) is 0 Å². The summed E-state index contributed by atoms with van der Waals surface area (Å²) in [5, 5.41) is 9.58. The number of ketones is 1. The van der Waals surface area contributed by atoms with Gasteiger partial charge in [0.2, 0.25) is 0 Å². The Morgan fingerprint density at radius 1 is 1.25 bits per heavy atom. The van der Waals surface area contributed by atoms with E-state index in [1.807, 2.05) is 6.08 Å². The van der Waals surface area contributed by atoms with Crippen LogP contribution in [0.5, 0.6) is 11.5 Å². The van der Waals surface area contributed by atoms with Crippen LogP contribution < -0.4 is 4.74 Å². The van der Waals surface area contributed by atoms with Gasteiger partial charge in [-0.3, -0.25) is 4.79 Å². The summed E-state index contributed by atoms with van der Waals surface area (Å²) in [5.74, 6) is 0.427. The number of hydrogen-bond donors (Lipinski definition) is 1. The van der Waals surface area contributed by atoms with Gasteiger partial charge < -0.3 is 9.84 Å². The molecule has 1 aliphatic rings. The van der Waals surface area contributed by atoms with Crippen LogP contribution >= 0.6 is 0 Å². The van der Waals surface area contributed by atoms with E-state index >= 15 is 0 Å². The topological polar surface area (TPSA) is 46.5 Å². The van der Waals surface area contributed by atoms with E-state index < -0.39 is 0 Å². The van der Waals surface area contributed by atoms with Gasteiger partial charge >= 0.3 is 0 Å². The van der Waals surface area contributed by atoms with Crippen LogP contribution in [-0.4, -0.2) is 18.0 Å². The van der Waals surface area contributed by atoms with Gasteiger partial charge in [0.05, 0.1) is 7.11 Å². The highest BCUT2D eigenvalue weighted by atomic mass is 16.5. The number of phenolic OH excluding ortho intramolecular Hbond substituents is 1. The number of methoxy groups -OCH3 is 1. The van der Waals surface area contributed by atoms with Gasteiger partial charge in [0.1, 0.15) is 0 Å². The molecule has 0 heterocycles. The molecule has 1 aromatic rings. The molecule has 24 heavy (non-hydrogen) atoms. The minimum absolute atomic E-state index is 0.0521. The number of rotatable bonds is 5. The molecule has 0 spiro atoms. The normalized spacial score (nSPS) is 17.7. The molecule has 1 aliphatic carbocycles. The molecule has 0 radical (unpaired) electrons. The second kappa shape index (κ2) is 7.52. The molecule has 3 nitrogen and oxygen atoms in total. The van der Waals surface area contributed by atoms with Crippen molar-refractivity contribution in [2.24, 2.45) is 5.41 Å². The van der Waals surface area contributed by atoms with E-state index in [0.29, 0.717) is 5.75 Å². The molecule has 0 amide bonds. The number of hydrogen-bond acceptors (Lipinski definition) is 3. The fourth-order valence-corrected chi connectivity index (χ4v) is 3.21. The molecule has 0 bridgehead atoms. The van der Waals surface area contributed by atoms with Crippen LogP contribution in [0.4, 0.5) is 0 Å². The van der Waals surface area contributed by atoms with E-state index in [0.717, 1.165) is 18.4 Å². The SMILES string of the molecule is COc1cc(/C=C/C(=O)/C=C/C2=C(C)CCCC2(C)C)ccc1O. The van der Waals surface area contributed by atoms with E-state index in [-0.39, 0.29) is 16.9 Å². The first-order valence-electron chi connectivity index (χ1n) is 8.31. The number of aromatic hydroxyl groups is 1. The van der Waals surface area contributed by atoms with Crippen LogP contribution in [0, 0.1) is 5.41 Å². The molecule has 0 saturated heterocycles. The van der Waals surface area contributed by atoms with Crippen LogP contribution in [0.1, 0.15) is 45.6 Å². The second-order valence-electron chi connectivity index (χ2n) is 6.93. The van der Waals surface area contributed by atoms with Gasteiger partial charge in [0, 0.05) is 0 Å². The molecular weight excluding hydrogens is 300 g/mol. The zero-order valence-electron chi connectivity index (χ0n) is 14.9. The van der Waals surface area contributed by atoms with E-state index in [9.17, 15) is 9.90 Å². The molecular formula is C21H26O3. The van der Waals surface area contributed by atoms with Crippen molar-refractivity contribution < 1.29 is 14.6 Å². The van der Waals surface area contributed by atoms with E-state index in [1.165, 1.54) is 30.8 Å². The maximum Gasteiger partial charge on any atom is 0.178 e. The molecule has 0 saturated carbocycles. The average Bonchev–Trinajstić information content (AvgIpc) is 2.53. The van der Waals surface area contributed by atoms with Gasteiger partial charge in [-0.05, 0) is 67.0 Å². The molecule has 0 atom stereocenters. The van der Waals surface area contributed by atoms with Crippen molar-refractivity contribution in [1.29, 1.82) is 0 Å². The number of allylic oxidation sites excluding steroid dienone is 5. The lowest BCUT2D eigenvalue weighted by Gasteiger charge is -2.32. The largest absolute Gasteiger partial charge is 0.504 e. The predicted octanol–water partition coefficient (Wildman–Crippen LogP) is 5.07. The Morgan fingerprint density at radius 3 is 2.62 bits per heavy atom. The molecule has 0 aromatic heterocycles. The van der Waals surface area contributed by atoms with E-state index in [4.69, 9.17) is 4.74 Å². The molecule has 0 aliphatic heterocycles. The number of benzene rings is 1. The summed E-state index contributed by atoms with van der Waals surface area (Å²) in [6.07, 6.45) is 10.4. The highest BCUT2D eigenvalue weighted by Gasteiger charge is 2.26. The average molecular weight is 326 g/mol. The molecule has 1 aromatic carbocycles. The number of carbonyl (C=O) groups excluding carboxylic acids is 1. The standard InChI is InChI=1S/C21H26O3/c1-15-6-5-13-21(2,3)18(15)11-10-17(22)9-7-16-8-12-19(23)20(14-16)24-4/h7-12,14,23H,5-6,13H2,1-4H3/b9-7+,11-10+. The first-order chi connectivity index (χ1) is 11.3. The third-order valence-electron chi connectivity index (χ3n) is 4.60. The smallest absolute Gasteiger partial charge is 0.178 e. The van der Waals surface area contributed by atoms with Crippen LogP contribution in [0.25, 0.3) is 6.08 Å². The van der Waals surface area contributed by atoms with E-state index in [2.05, 4.69) is 20.8 Å². The Balaban J connectivity index is 2.10. The van der Waals surface area contributed by atoms with Crippen molar-refractivity contribution in [2.75, 3.05) is 7.11 Å². The summed E-state index contributed by atoms with van der Waals surface area (Å²) in [7, 11) is 1.50. The molecule has 0 unspecified atom stereocenters. The summed E-state index contributed by atoms with van der Waals surface area (Å²) in [4.78, 5) is 12.1. The molecule has 2 rings (SSSR count). The number of ether oxygens (including phenoxy) is 1. The zero-order valence-corrected chi connectivity index (χ0v) is 14.9. The summed E-state index contributed by atoms with van der Waals surface area (Å²) >= 11 is 0. The zero-order chi connectivity index (χ0) is 17.7. The Hall–Kier alpha value is -2.29. The lowest BCUT2D eigenvalue weighted by atomic mass is 9.72. The highest BCUT2D eigenvalue weighted by Crippen LogP contribution is 2.40. The maximum absolute atomic E-state index is 12.1. The fourth-order valence-electron chi connectivity index (χ4n) is 3.21. The highest BCUT2D eigenvalue weighted by molar-refractivity contribution is 6.02. The van der Waals surface area contributed by atoms with Gasteiger partial charge in [0.15, 0.2) is 17.3 Å². The third kappa shape index (κ3) is 4.38. The van der Waals surface area contributed by atoms with Crippen LogP contribution in [-0.2, 0) is 4.79 Å². The second-order valence-corrected chi connectivity index (χ2v) is 6.93. The minimum atomic E-state index is -0.0521. The number of carbonyl (C=O) groups is 1. The summed E-state index contributed by atoms with van der Waals surface area (Å²) < 4.78 is 5.07. The molecule has 1 N–H and O–H groups in total. The third-order valence-corrected chi connectivity index (χ3v) is 4.60. The summed E-state index contributed by atoms with van der Waals surface area (Å²) in [6.45, 7) is 6.63. The summed E-state index contributed by atoms with van der Waals surface area (Å²) in [6, 6.07) is 4.99. The Kier molecular flexibility index (Phi) is 5.66. The first-order valence-corrected chi connectivity index (χ1v) is 8.31. The van der Waals surface area contributed by atoms with Crippen molar-refractivity contribution in [3.8, 4) is 11.5 Å². The molecule has 3 heteroatoms. The van der Waals surface area contributed by atoms with Crippen molar-refractivity contribution in [3.63, 3.8) is 0 Å². The monoisotopic (exact) mass is 326 g/mol. The van der Waals surface area contributed by atoms with Gasteiger partial charge in [-0.15, -0.1) is 0 Å². The maximum atomic E-state index is 12.1. The number of phenols is 1. The fraction of sp³-hybridized carbons (Fsp3) is 0.381. The lowest BCUT2D eigenvalue weighted by Crippen LogP contribution is -2.19. The Morgan fingerprint density at radius 2 is 1.96 bits per heavy atom. The Labute approximate surface area is 144 Å². The first kappa shape index (κ1) is 18.1. The predicted molar refractivity (Wildman–Crippen MR) is 98.2 cm³/mol. The van der Waals surface area contributed by atoms with Gasteiger partial charge in [-0.1, -0.05) is 37.6 Å². The Bertz CT molecular complexity index is 706. The van der Waals surface area contributed by atoms with Crippen molar-refractivity contribution >= 4 is 11.9 Å². The van der Waals surface area contributed by atoms with Crippen molar-refractivity contribution in [1.82, 2.24) is 0 Å². The molecule has 0 fully saturated rings. The quantitative estimate of drug-likeness (QED) is 0.769. The molecule has 128 valence electrons. The van der Waals surface area contributed by atoms with Crippen LogP contribution in [0.3, 0.4) is 0 Å². The minimum Gasteiger partial charge on any atom is -0.504 e. The van der Waals surface area contributed by atoms with Crippen LogP contribution in [0.2, 0.25) is 0 Å². The summed E-state index contributed by atoms with van der Waals surface area (Å²) in [5.41, 5.74) is 3.59. The van der Waals surface area contributed by atoms with Gasteiger partial charge in [0.25, 0.3) is 0 Å². The lowest BCUT2D eigenvalue weighted by molar-refractivity contribution is -0.110.